The Bertz CT molecular complexity index is 453. The maximum atomic E-state index is 5.94. The number of likely N-dealkylation sites (N-methyl/N-ethyl adjacent to an activating group) is 1. The van der Waals surface area contributed by atoms with Crippen molar-refractivity contribution in [3.05, 3.63) is 51.4 Å². The van der Waals surface area contributed by atoms with E-state index in [1.807, 2.05) is 23.7 Å². The number of nitrogens with one attached hydrogen (secondary N) is 1. The van der Waals surface area contributed by atoms with Gasteiger partial charge in [0.2, 0.25) is 0 Å². The lowest BCUT2D eigenvalue weighted by atomic mass is 9.96. The lowest BCUT2D eigenvalue weighted by Gasteiger charge is -2.16. The molecule has 0 saturated carbocycles. The molecule has 4 heteroatoms. The van der Waals surface area contributed by atoms with E-state index in [9.17, 15) is 0 Å². The van der Waals surface area contributed by atoms with Crippen molar-refractivity contribution in [2.24, 2.45) is 0 Å². The summed E-state index contributed by atoms with van der Waals surface area (Å²) in [7, 11) is 0. The van der Waals surface area contributed by atoms with Crippen LogP contribution in [0.3, 0.4) is 0 Å². The van der Waals surface area contributed by atoms with Crippen LogP contribution in [-0.4, -0.2) is 18.1 Å². The topological polar surface area (TPSA) is 24.9 Å². The van der Waals surface area contributed by atoms with Gasteiger partial charge in [-0.3, -0.25) is 0 Å². The third-order valence-electron chi connectivity index (χ3n) is 2.89. The van der Waals surface area contributed by atoms with Crippen molar-refractivity contribution in [2.75, 3.05) is 13.1 Å². The highest BCUT2D eigenvalue weighted by Crippen LogP contribution is 2.23. The average molecular weight is 281 g/mol. The highest BCUT2D eigenvalue weighted by molar-refractivity contribution is 7.09. The van der Waals surface area contributed by atoms with Gasteiger partial charge in [-0.2, -0.15) is 0 Å². The van der Waals surface area contributed by atoms with Gasteiger partial charge in [-0.25, -0.2) is 4.98 Å². The van der Waals surface area contributed by atoms with Gasteiger partial charge in [0.25, 0.3) is 0 Å². The molecule has 0 amide bonds. The number of hydrogen-bond acceptors (Lipinski definition) is 3. The van der Waals surface area contributed by atoms with Gasteiger partial charge in [0.1, 0.15) is 0 Å². The summed E-state index contributed by atoms with van der Waals surface area (Å²) < 4.78 is 0. The zero-order chi connectivity index (χ0) is 12.8. The zero-order valence-electron chi connectivity index (χ0n) is 10.4. The first-order valence-electron chi connectivity index (χ1n) is 6.14. The maximum Gasteiger partial charge on any atom is 0.0931 e. The number of halogens is 1. The van der Waals surface area contributed by atoms with Crippen LogP contribution in [0.5, 0.6) is 0 Å². The van der Waals surface area contributed by atoms with Crippen LogP contribution in [0.4, 0.5) is 0 Å². The standard InChI is InChI=1S/C14H17ClN2S/c1-2-16-10-12(9-14-17-7-8-18-14)11-3-5-13(15)6-4-11/h3-8,12,16H,2,9-10H2,1H3. The Morgan fingerprint density at radius 3 is 2.72 bits per heavy atom. The smallest absolute Gasteiger partial charge is 0.0931 e. The Morgan fingerprint density at radius 1 is 1.33 bits per heavy atom. The van der Waals surface area contributed by atoms with Crippen LogP contribution in [0.1, 0.15) is 23.4 Å². The van der Waals surface area contributed by atoms with E-state index in [0.29, 0.717) is 5.92 Å². The van der Waals surface area contributed by atoms with E-state index in [1.54, 1.807) is 11.3 Å². The van der Waals surface area contributed by atoms with Crippen molar-refractivity contribution in [3.63, 3.8) is 0 Å². The van der Waals surface area contributed by atoms with Crippen molar-refractivity contribution >= 4 is 22.9 Å². The molecule has 0 aliphatic rings. The summed E-state index contributed by atoms with van der Waals surface area (Å²) in [6.45, 7) is 4.09. The number of benzene rings is 1. The van der Waals surface area contributed by atoms with Crippen LogP contribution in [0.15, 0.2) is 35.8 Å². The van der Waals surface area contributed by atoms with Crippen LogP contribution in [-0.2, 0) is 6.42 Å². The fraction of sp³-hybridized carbons (Fsp3) is 0.357. The molecule has 2 nitrogen and oxygen atoms in total. The van der Waals surface area contributed by atoms with Crippen LogP contribution in [0, 0.1) is 0 Å². The quantitative estimate of drug-likeness (QED) is 0.872. The van der Waals surface area contributed by atoms with E-state index in [0.717, 1.165) is 24.5 Å². The maximum absolute atomic E-state index is 5.94. The highest BCUT2D eigenvalue weighted by Gasteiger charge is 2.13. The fourth-order valence-corrected chi connectivity index (χ4v) is 2.75. The van der Waals surface area contributed by atoms with E-state index in [4.69, 9.17) is 11.6 Å². The summed E-state index contributed by atoms with van der Waals surface area (Å²) in [6.07, 6.45) is 2.85. The molecule has 0 aliphatic carbocycles. The lowest BCUT2D eigenvalue weighted by Crippen LogP contribution is -2.22. The molecule has 18 heavy (non-hydrogen) atoms. The third kappa shape index (κ3) is 3.80. The zero-order valence-corrected chi connectivity index (χ0v) is 12.0. The summed E-state index contributed by atoms with van der Waals surface area (Å²) in [4.78, 5) is 4.37. The van der Waals surface area contributed by atoms with E-state index in [2.05, 4.69) is 29.4 Å². The van der Waals surface area contributed by atoms with E-state index in [1.165, 1.54) is 10.6 Å². The molecule has 0 saturated heterocycles. The Balaban J connectivity index is 2.11. The second-order valence-corrected chi connectivity index (χ2v) is 5.60. The molecule has 1 N–H and O–H groups in total. The molecule has 1 unspecified atom stereocenters. The van der Waals surface area contributed by atoms with Crippen LogP contribution in [0.25, 0.3) is 0 Å². The summed E-state index contributed by atoms with van der Waals surface area (Å²) in [5.74, 6) is 0.452. The molecule has 2 aromatic rings. The van der Waals surface area contributed by atoms with Crippen molar-refractivity contribution in [1.29, 1.82) is 0 Å². The molecule has 1 aromatic heterocycles. The van der Waals surface area contributed by atoms with Gasteiger partial charge in [-0.1, -0.05) is 30.7 Å². The van der Waals surface area contributed by atoms with Crippen LogP contribution in [0.2, 0.25) is 5.02 Å². The fourth-order valence-electron chi connectivity index (χ4n) is 1.93. The number of rotatable bonds is 6. The summed E-state index contributed by atoms with van der Waals surface area (Å²) in [5, 5.41) is 7.42. The number of nitrogens with zero attached hydrogens (tertiary/aromatic N) is 1. The first-order chi connectivity index (χ1) is 8.79. The molecule has 0 aliphatic heterocycles. The second-order valence-electron chi connectivity index (χ2n) is 4.19. The molecule has 1 atom stereocenters. The normalized spacial score (nSPS) is 12.6. The number of aromatic nitrogens is 1. The summed E-state index contributed by atoms with van der Waals surface area (Å²) in [6, 6.07) is 8.13. The molecule has 1 aromatic carbocycles. The van der Waals surface area contributed by atoms with Gasteiger partial charge in [0.05, 0.1) is 5.01 Å². The molecule has 0 spiro atoms. The van der Waals surface area contributed by atoms with Crippen molar-refractivity contribution in [1.82, 2.24) is 10.3 Å². The summed E-state index contributed by atoms with van der Waals surface area (Å²) in [5.41, 5.74) is 1.32. The molecular weight excluding hydrogens is 264 g/mol. The minimum atomic E-state index is 0.452. The first kappa shape index (κ1) is 13.5. The highest BCUT2D eigenvalue weighted by atomic mass is 35.5. The Kier molecular flexibility index (Phi) is 5.17. The Labute approximate surface area is 117 Å². The van der Waals surface area contributed by atoms with Gasteiger partial charge in [-0.15, -0.1) is 11.3 Å². The van der Waals surface area contributed by atoms with Gasteiger partial charge < -0.3 is 5.32 Å². The minimum Gasteiger partial charge on any atom is -0.316 e. The Morgan fingerprint density at radius 2 is 2.11 bits per heavy atom. The van der Waals surface area contributed by atoms with Crippen molar-refractivity contribution in [3.8, 4) is 0 Å². The predicted octanol–water partition coefficient (Wildman–Crippen LogP) is 3.73. The molecule has 2 rings (SSSR count). The molecular formula is C14H17ClN2S. The number of hydrogen-bond donors (Lipinski definition) is 1. The van der Waals surface area contributed by atoms with Gasteiger partial charge >= 0.3 is 0 Å². The summed E-state index contributed by atoms with van der Waals surface area (Å²) >= 11 is 7.66. The molecule has 0 radical (unpaired) electrons. The van der Waals surface area contributed by atoms with Crippen LogP contribution < -0.4 is 5.32 Å². The molecule has 0 fully saturated rings. The molecule has 96 valence electrons. The minimum absolute atomic E-state index is 0.452. The second kappa shape index (κ2) is 6.88. The molecule has 0 bridgehead atoms. The van der Waals surface area contributed by atoms with Gasteiger partial charge in [0, 0.05) is 35.5 Å². The van der Waals surface area contributed by atoms with E-state index >= 15 is 0 Å². The van der Waals surface area contributed by atoms with E-state index in [-0.39, 0.29) is 0 Å². The SMILES string of the molecule is CCNCC(Cc1nccs1)c1ccc(Cl)cc1. The monoisotopic (exact) mass is 280 g/mol. The third-order valence-corrected chi connectivity index (χ3v) is 3.94. The number of thiazole rings is 1. The van der Waals surface area contributed by atoms with Crippen molar-refractivity contribution in [2.45, 2.75) is 19.3 Å². The Hall–Kier alpha value is -0.900. The molecule has 1 heterocycles. The van der Waals surface area contributed by atoms with Gasteiger partial charge in [0.15, 0.2) is 0 Å². The average Bonchev–Trinajstić information content (AvgIpc) is 2.88. The lowest BCUT2D eigenvalue weighted by molar-refractivity contribution is 0.594. The van der Waals surface area contributed by atoms with Gasteiger partial charge in [-0.05, 0) is 24.2 Å². The first-order valence-corrected chi connectivity index (χ1v) is 7.40. The van der Waals surface area contributed by atoms with Crippen LogP contribution >= 0.6 is 22.9 Å². The predicted molar refractivity (Wildman–Crippen MR) is 78.6 cm³/mol. The van der Waals surface area contributed by atoms with Crippen molar-refractivity contribution < 1.29 is 0 Å². The van der Waals surface area contributed by atoms with E-state index < -0.39 is 0 Å². The largest absolute Gasteiger partial charge is 0.316 e.